The Bertz CT molecular complexity index is 1210. The van der Waals surface area contributed by atoms with Crippen LogP contribution in [0.3, 0.4) is 0 Å². The lowest BCUT2D eigenvalue weighted by Gasteiger charge is -2.13. The summed E-state index contributed by atoms with van der Waals surface area (Å²) in [6.07, 6.45) is 0. The number of hydrogen-bond acceptors (Lipinski definition) is 2. The summed E-state index contributed by atoms with van der Waals surface area (Å²) in [7, 11) is 0. The Labute approximate surface area is 184 Å². The fourth-order valence-electron chi connectivity index (χ4n) is 3.25. The first-order valence-electron chi connectivity index (χ1n) is 9.27. The van der Waals surface area contributed by atoms with Crippen LogP contribution in [0.4, 0.5) is 5.69 Å². The van der Waals surface area contributed by atoms with Crippen LogP contribution < -0.4 is 5.32 Å². The van der Waals surface area contributed by atoms with Gasteiger partial charge < -0.3 is 10.4 Å². The van der Waals surface area contributed by atoms with E-state index in [1.165, 1.54) is 6.07 Å². The Balaban J connectivity index is 1.63. The van der Waals surface area contributed by atoms with Crippen molar-refractivity contribution < 1.29 is 9.90 Å². The molecule has 0 atom stereocenters. The maximum absolute atomic E-state index is 12.9. The van der Waals surface area contributed by atoms with E-state index >= 15 is 0 Å². The number of hydrogen-bond donors (Lipinski definition) is 2. The normalized spacial score (nSPS) is 10.6. The number of nitrogens with one attached hydrogen (secondary N) is 1. The van der Waals surface area contributed by atoms with E-state index in [4.69, 9.17) is 23.2 Å². The summed E-state index contributed by atoms with van der Waals surface area (Å²) in [5.74, 6) is -0.606. The highest BCUT2D eigenvalue weighted by atomic mass is 35.5. The molecule has 3 nitrogen and oxygen atoms in total. The van der Waals surface area contributed by atoms with Crippen molar-refractivity contribution in [3.8, 4) is 28.0 Å². The molecule has 0 bridgehead atoms. The molecule has 2 N–H and O–H groups in total. The molecule has 0 aliphatic rings. The predicted molar refractivity (Wildman–Crippen MR) is 123 cm³/mol. The van der Waals surface area contributed by atoms with Crippen molar-refractivity contribution in [3.05, 3.63) is 107 Å². The van der Waals surface area contributed by atoms with Crippen LogP contribution >= 0.6 is 23.2 Å². The van der Waals surface area contributed by atoms with Crippen LogP contribution in [0.15, 0.2) is 91.0 Å². The SMILES string of the molecule is O=C(Nc1ccc(-c2ccccc2)c(Cl)c1)c1cc(Cl)cc(-c2ccccc2)c1O. The molecule has 0 saturated carbocycles. The molecule has 4 rings (SSSR count). The number of aromatic hydroxyl groups is 1. The standard InChI is InChI=1S/C25H17Cl2NO2/c26-18-13-21(17-9-5-2-6-10-17)24(29)22(14-18)25(30)28-19-11-12-20(23(27)15-19)16-7-3-1-4-8-16/h1-15,29H,(H,28,30). The molecule has 1 amide bonds. The van der Waals surface area contributed by atoms with Gasteiger partial charge in [0.15, 0.2) is 0 Å². The number of phenols is 1. The number of amides is 1. The molecule has 0 radical (unpaired) electrons. The third kappa shape index (κ3) is 4.18. The number of anilines is 1. The minimum Gasteiger partial charge on any atom is -0.506 e. The summed E-state index contributed by atoms with van der Waals surface area (Å²) in [6.45, 7) is 0. The van der Waals surface area contributed by atoms with Gasteiger partial charge in [-0.1, -0.05) is 89.9 Å². The van der Waals surface area contributed by atoms with Gasteiger partial charge in [-0.05, 0) is 35.4 Å². The van der Waals surface area contributed by atoms with Crippen molar-refractivity contribution in [3.63, 3.8) is 0 Å². The van der Waals surface area contributed by atoms with Gasteiger partial charge in [-0.25, -0.2) is 0 Å². The van der Waals surface area contributed by atoms with Crippen LogP contribution in [0.5, 0.6) is 5.75 Å². The molecule has 0 aliphatic carbocycles. The van der Waals surface area contributed by atoms with Gasteiger partial charge in [0.1, 0.15) is 5.75 Å². The molecular weight excluding hydrogens is 417 g/mol. The van der Waals surface area contributed by atoms with E-state index < -0.39 is 5.91 Å². The van der Waals surface area contributed by atoms with Crippen LogP contribution in [0.25, 0.3) is 22.3 Å². The summed E-state index contributed by atoms with van der Waals surface area (Å²) in [6, 6.07) is 27.4. The molecule has 0 aromatic heterocycles. The summed E-state index contributed by atoms with van der Waals surface area (Å²) in [5.41, 5.74) is 3.72. The Morgan fingerprint density at radius 1 is 0.733 bits per heavy atom. The van der Waals surface area contributed by atoms with Crippen LogP contribution in [0, 0.1) is 0 Å². The van der Waals surface area contributed by atoms with E-state index in [9.17, 15) is 9.90 Å². The highest BCUT2D eigenvalue weighted by molar-refractivity contribution is 6.34. The highest BCUT2D eigenvalue weighted by Gasteiger charge is 2.18. The van der Waals surface area contributed by atoms with E-state index in [0.717, 1.165) is 16.7 Å². The monoisotopic (exact) mass is 433 g/mol. The number of phenolic OH excluding ortho intramolecular Hbond substituents is 1. The van der Waals surface area contributed by atoms with E-state index in [-0.39, 0.29) is 11.3 Å². The van der Waals surface area contributed by atoms with E-state index in [1.807, 2.05) is 66.7 Å². The molecule has 30 heavy (non-hydrogen) atoms. The highest BCUT2D eigenvalue weighted by Crippen LogP contribution is 2.36. The van der Waals surface area contributed by atoms with Crippen molar-refractivity contribution in [2.45, 2.75) is 0 Å². The molecule has 5 heteroatoms. The first-order chi connectivity index (χ1) is 14.5. The maximum atomic E-state index is 12.9. The molecule has 0 spiro atoms. The van der Waals surface area contributed by atoms with Crippen molar-refractivity contribution in [1.29, 1.82) is 0 Å². The fourth-order valence-corrected chi connectivity index (χ4v) is 3.76. The molecule has 0 aliphatic heterocycles. The average molecular weight is 434 g/mol. The second-order valence-corrected chi connectivity index (χ2v) is 7.57. The largest absolute Gasteiger partial charge is 0.506 e. The zero-order valence-electron chi connectivity index (χ0n) is 15.8. The second-order valence-electron chi connectivity index (χ2n) is 6.73. The number of carbonyl (C=O) groups excluding carboxylic acids is 1. The number of benzene rings is 4. The first-order valence-corrected chi connectivity index (χ1v) is 10.0. The molecule has 0 fully saturated rings. The summed E-state index contributed by atoms with van der Waals surface area (Å²) in [4.78, 5) is 12.9. The van der Waals surface area contributed by atoms with Crippen molar-refractivity contribution >= 4 is 34.8 Å². The minimum absolute atomic E-state index is 0.0876. The molecule has 0 unspecified atom stereocenters. The maximum Gasteiger partial charge on any atom is 0.259 e. The van der Waals surface area contributed by atoms with Crippen molar-refractivity contribution in [2.24, 2.45) is 0 Å². The van der Waals surface area contributed by atoms with E-state index in [1.54, 1.807) is 18.2 Å². The fraction of sp³-hybridized carbons (Fsp3) is 0. The van der Waals surface area contributed by atoms with Gasteiger partial charge in [-0.15, -0.1) is 0 Å². The van der Waals surface area contributed by atoms with E-state index in [2.05, 4.69) is 5.32 Å². The Kier molecular flexibility index (Phi) is 5.75. The Morgan fingerprint density at radius 3 is 1.93 bits per heavy atom. The lowest BCUT2D eigenvalue weighted by atomic mass is 10.0. The third-order valence-electron chi connectivity index (χ3n) is 4.72. The van der Waals surface area contributed by atoms with Crippen LogP contribution in [0.2, 0.25) is 10.0 Å². The molecule has 0 heterocycles. The third-order valence-corrected chi connectivity index (χ3v) is 5.25. The van der Waals surface area contributed by atoms with Crippen molar-refractivity contribution in [2.75, 3.05) is 5.32 Å². The zero-order chi connectivity index (χ0) is 21.1. The summed E-state index contributed by atoms with van der Waals surface area (Å²) in [5, 5.41) is 14.4. The molecule has 4 aromatic rings. The summed E-state index contributed by atoms with van der Waals surface area (Å²) < 4.78 is 0. The van der Waals surface area contributed by atoms with Gasteiger partial charge in [0.2, 0.25) is 0 Å². The predicted octanol–water partition coefficient (Wildman–Crippen LogP) is 7.29. The van der Waals surface area contributed by atoms with Crippen molar-refractivity contribution in [1.82, 2.24) is 0 Å². The quantitative estimate of drug-likeness (QED) is 0.355. The number of carbonyl (C=O) groups is 1. The van der Waals surface area contributed by atoms with Gasteiger partial charge >= 0.3 is 0 Å². The Morgan fingerprint density at radius 2 is 1.33 bits per heavy atom. The lowest BCUT2D eigenvalue weighted by molar-refractivity contribution is 0.102. The molecule has 0 saturated heterocycles. The second kappa shape index (κ2) is 8.62. The van der Waals surface area contributed by atoms with Crippen LogP contribution in [-0.4, -0.2) is 11.0 Å². The zero-order valence-corrected chi connectivity index (χ0v) is 17.3. The molecular formula is C25H17Cl2NO2. The molecule has 148 valence electrons. The topological polar surface area (TPSA) is 49.3 Å². The summed E-state index contributed by atoms with van der Waals surface area (Å²) >= 11 is 12.7. The Hall–Kier alpha value is -3.27. The van der Waals surface area contributed by atoms with Crippen LogP contribution in [-0.2, 0) is 0 Å². The number of halogens is 2. The average Bonchev–Trinajstić information content (AvgIpc) is 2.76. The number of rotatable bonds is 4. The van der Waals surface area contributed by atoms with Gasteiger partial charge in [0.05, 0.1) is 10.6 Å². The van der Waals surface area contributed by atoms with Gasteiger partial charge in [0.25, 0.3) is 5.91 Å². The first kappa shape index (κ1) is 20.0. The van der Waals surface area contributed by atoms with Crippen LogP contribution in [0.1, 0.15) is 10.4 Å². The van der Waals surface area contributed by atoms with Gasteiger partial charge in [-0.3, -0.25) is 4.79 Å². The molecule has 4 aromatic carbocycles. The van der Waals surface area contributed by atoms with Gasteiger partial charge in [0, 0.05) is 21.8 Å². The minimum atomic E-state index is -0.476. The van der Waals surface area contributed by atoms with Gasteiger partial charge in [-0.2, -0.15) is 0 Å². The lowest BCUT2D eigenvalue weighted by Crippen LogP contribution is -2.12. The van der Waals surface area contributed by atoms with E-state index in [0.29, 0.717) is 21.3 Å². The smallest absolute Gasteiger partial charge is 0.259 e.